The minimum Gasteiger partial charge on any atom is -0.481 e. The molecule has 1 rings (SSSR count). The van der Waals surface area contributed by atoms with E-state index in [9.17, 15) is 9.90 Å². The highest BCUT2D eigenvalue weighted by Crippen LogP contribution is 2.32. The van der Waals surface area contributed by atoms with E-state index in [0.717, 1.165) is 22.3 Å². The summed E-state index contributed by atoms with van der Waals surface area (Å²) in [4.78, 5) is 11.0. The number of aliphatic hydroxyl groups is 1. The van der Waals surface area contributed by atoms with E-state index in [-0.39, 0.29) is 5.92 Å². The summed E-state index contributed by atoms with van der Waals surface area (Å²) in [5.74, 6) is -1.76. The van der Waals surface area contributed by atoms with E-state index in [0.29, 0.717) is 0 Å². The van der Waals surface area contributed by atoms with Crippen LogP contribution in [0.5, 0.6) is 0 Å². The van der Waals surface area contributed by atoms with Crippen LogP contribution in [0.15, 0.2) is 12.1 Å². The molecular formula is C15H22O3. The number of rotatable bonds is 4. The second-order valence-electron chi connectivity index (χ2n) is 5.24. The van der Waals surface area contributed by atoms with Gasteiger partial charge in [0.25, 0.3) is 0 Å². The van der Waals surface area contributed by atoms with Crippen LogP contribution in [0.3, 0.4) is 0 Å². The maximum Gasteiger partial charge on any atom is 0.306 e. The molecule has 0 heterocycles. The first-order chi connectivity index (χ1) is 8.25. The SMILES string of the molecule is Cc1cc(C)c(C(O)C(C)C(C)C(=O)O)c(C)c1. The van der Waals surface area contributed by atoms with Gasteiger partial charge in [-0.05, 0) is 43.4 Å². The molecule has 0 aromatic heterocycles. The third-order valence-corrected chi connectivity index (χ3v) is 3.71. The maximum absolute atomic E-state index is 11.0. The van der Waals surface area contributed by atoms with Gasteiger partial charge in [0.15, 0.2) is 0 Å². The zero-order chi connectivity index (χ0) is 14.0. The molecule has 0 radical (unpaired) electrons. The van der Waals surface area contributed by atoms with Crippen LogP contribution in [0.2, 0.25) is 0 Å². The van der Waals surface area contributed by atoms with Crippen molar-refractivity contribution in [1.82, 2.24) is 0 Å². The first-order valence-corrected chi connectivity index (χ1v) is 6.24. The van der Waals surface area contributed by atoms with Gasteiger partial charge in [-0.25, -0.2) is 0 Å². The number of aliphatic hydroxyl groups excluding tert-OH is 1. The second kappa shape index (κ2) is 5.53. The minimum atomic E-state index is -0.871. The number of carboxylic acid groups (broad SMARTS) is 1. The minimum absolute atomic E-state index is 0.317. The van der Waals surface area contributed by atoms with Gasteiger partial charge in [-0.15, -0.1) is 0 Å². The molecule has 0 saturated carbocycles. The van der Waals surface area contributed by atoms with Gasteiger partial charge in [0.05, 0.1) is 12.0 Å². The van der Waals surface area contributed by atoms with Crippen LogP contribution in [0.1, 0.15) is 42.2 Å². The van der Waals surface area contributed by atoms with Gasteiger partial charge < -0.3 is 10.2 Å². The third kappa shape index (κ3) is 2.91. The second-order valence-corrected chi connectivity index (χ2v) is 5.24. The van der Waals surface area contributed by atoms with E-state index in [4.69, 9.17) is 5.11 Å². The molecule has 3 nitrogen and oxygen atoms in total. The van der Waals surface area contributed by atoms with E-state index in [1.54, 1.807) is 13.8 Å². The van der Waals surface area contributed by atoms with Crippen molar-refractivity contribution in [3.05, 3.63) is 34.4 Å². The Balaban J connectivity index is 3.11. The van der Waals surface area contributed by atoms with Crippen molar-refractivity contribution in [2.75, 3.05) is 0 Å². The number of benzene rings is 1. The van der Waals surface area contributed by atoms with Crippen LogP contribution in [0.4, 0.5) is 0 Å². The number of aliphatic carboxylic acids is 1. The fourth-order valence-electron chi connectivity index (χ4n) is 2.42. The Hall–Kier alpha value is -1.35. The summed E-state index contributed by atoms with van der Waals surface area (Å²) in [6.07, 6.45) is -0.739. The normalized spacial score (nSPS) is 16.1. The van der Waals surface area contributed by atoms with Gasteiger partial charge in [-0.1, -0.05) is 31.5 Å². The van der Waals surface area contributed by atoms with Crippen molar-refractivity contribution in [2.24, 2.45) is 11.8 Å². The smallest absolute Gasteiger partial charge is 0.306 e. The van der Waals surface area contributed by atoms with Gasteiger partial charge in [0, 0.05) is 0 Å². The molecule has 3 heteroatoms. The zero-order valence-electron chi connectivity index (χ0n) is 11.7. The Morgan fingerprint density at radius 1 is 1.11 bits per heavy atom. The van der Waals surface area contributed by atoms with Gasteiger partial charge >= 0.3 is 5.97 Å². The van der Waals surface area contributed by atoms with Crippen LogP contribution < -0.4 is 0 Å². The summed E-state index contributed by atoms with van der Waals surface area (Å²) in [7, 11) is 0. The van der Waals surface area contributed by atoms with Crippen LogP contribution >= 0.6 is 0 Å². The highest BCUT2D eigenvalue weighted by atomic mass is 16.4. The summed E-state index contributed by atoms with van der Waals surface area (Å²) < 4.78 is 0. The monoisotopic (exact) mass is 250 g/mol. The lowest BCUT2D eigenvalue weighted by Gasteiger charge is -2.25. The molecule has 0 aliphatic carbocycles. The van der Waals surface area contributed by atoms with E-state index < -0.39 is 18.0 Å². The lowest BCUT2D eigenvalue weighted by Crippen LogP contribution is -2.24. The highest BCUT2D eigenvalue weighted by molar-refractivity contribution is 5.70. The molecule has 1 aromatic carbocycles. The van der Waals surface area contributed by atoms with Crippen molar-refractivity contribution >= 4 is 5.97 Å². The van der Waals surface area contributed by atoms with E-state index in [1.807, 2.05) is 32.9 Å². The number of carbonyl (C=O) groups is 1. The fraction of sp³-hybridized carbons (Fsp3) is 0.533. The predicted molar refractivity (Wildman–Crippen MR) is 71.6 cm³/mol. The molecule has 0 bridgehead atoms. The fourth-order valence-corrected chi connectivity index (χ4v) is 2.42. The van der Waals surface area contributed by atoms with Crippen molar-refractivity contribution < 1.29 is 15.0 Å². The van der Waals surface area contributed by atoms with Crippen LogP contribution in [0, 0.1) is 32.6 Å². The Morgan fingerprint density at radius 3 is 1.94 bits per heavy atom. The predicted octanol–water partition coefficient (Wildman–Crippen LogP) is 3.00. The Labute approximate surface area is 108 Å². The van der Waals surface area contributed by atoms with E-state index >= 15 is 0 Å². The summed E-state index contributed by atoms with van der Waals surface area (Å²) in [5.41, 5.74) is 4.05. The van der Waals surface area contributed by atoms with E-state index in [2.05, 4.69) is 0 Å². The summed E-state index contributed by atoms with van der Waals surface area (Å²) in [6.45, 7) is 9.34. The standard InChI is InChI=1S/C15H22O3/c1-8-6-9(2)13(10(3)7-8)14(16)11(4)12(5)15(17)18/h6-7,11-12,14,16H,1-5H3,(H,17,18). The van der Waals surface area contributed by atoms with Crippen molar-refractivity contribution in [2.45, 2.75) is 40.7 Å². The van der Waals surface area contributed by atoms with Gasteiger partial charge in [-0.2, -0.15) is 0 Å². The number of aryl methyl sites for hydroxylation is 3. The topological polar surface area (TPSA) is 57.5 Å². The average molecular weight is 250 g/mol. The molecule has 3 unspecified atom stereocenters. The van der Waals surface area contributed by atoms with Crippen LogP contribution in [-0.4, -0.2) is 16.2 Å². The third-order valence-electron chi connectivity index (χ3n) is 3.71. The molecule has 0 fully saturated rings. The van der Waals surface area contributed by atoms with Gasteiger partial charge in [0.2, 0.25) is 0 Å². The summed E-state index contributed by atoms with van der Waals surface area (Å²) in [5, 5.41) is 19.4. The van der Waals surface area contributed by atoms with Crippen LogP contribution in [0.25, 0.3) is 0 Å². The molecule has 100 valence electrons. The molecule has 0 spiro atoms. The molecule has 18 heavy (non-hydrogen) atoms. The largest absolute Gasteiger partial charge is 0.481 e. The molecule has 3 atom stereocenters. The first kappa shape index (κ1) is 14.7. The molecule has 0 saturated heterocycles. The molecule has 0 amide bonds. The summed E-state index contributed by atoms with van der Waals surface area (Å²) in [6, 6.07) is 4.04. The quantitative estimate of drug-likeness (QED) is 0.863. The Kier molecular flexibility index (Phi) is 4.52. The van der Waals surface area contributed by atoms with Crippen molar-refractivity contribution in [3.63, 3.8) is 0 Å². The van der Waals surface area contributed by atoms with Gasteiger partial charge in [-0.3, -0.25) is 4.79 Å². The van der Waals surface area contributed by atoms with Crippen molar-refractivity contribution in [3.8, 4) is 0 Å². The molecule has 1 aromatic rings. The van der Waals surface area contributed by atoms with Gasteiger partial charge in [0.1, 0.15) is 0 Å². The lowest BCUT2D eigenvalue weighted by atomic mass is 9.83. The Bertz CT molecular complexity index is 428. The van der Waals surface area contributed by atoms with E-state index in [1.165, 1.54) is 0 Å². The number of carboxylic acids is 1. The maximum atomic E-state index is 11.0. The highest BCUT2D eigenvalue weighted by Gasteiger charge is 2.28. The molecule has 0 aliphatic rings. The molecular weight excluding hydrogens is 228 g/mol. The Morgan fingerprint density at radius 2 is 1.56 bits per heavy atom. The summed E-state index contributed by atoms with van der Waals surface area (Å²) >= 11 is 0. The lowest BCUT2D eigenvalue weighted by molar-refractivity contribution is -0.144. The number of hydrogen-bond donors (Lipinski definition) is 2. The zero-order valence-corrected chi connectivity index (χ0v) is 11.7. The molecule has 2 N–H and O–H groups in total. The van der Waals surface area contributed by atoms with Crippen LogP contribution in [-0.2, 0) is 4.79 Å². The first-order valence-electron chi connectivity index (χ1n) is 6.24. The number of hydrogen-bond acceptors (Lipinski definition) is 2. The molecule has 0 aliphatic heterocycles. The average Bonchev–Trinajstić information content (AvgIpc) is 2.25. The van der Waals surface area contributed by atoms with Crippen molar-refractivity contribution in [1.29, 1.82) is 0 Å².